The molecule has 1 unspecified atom stereocenters. The van der Waals surface area contributed by atoms with Crippen molar-refractivity contribution >= 4 is 23.4 Å². The van der Waals surface area contributed by atoms with Crippen LogP contribution in [0.2, 0.25) is 0 Å². The molecule has 0 radical (unpaired) electrons. The van der Waals surface area contributed by atoms with Gasteiger partial charge >= 0.3 is 16.9 Å². The highest BCUT2D eigenvalue weighted by Crippen LogP contribution is 2.26. The number of aromatic hydroxyl groups is 1. The Kier molecular flexibility index (Phi) is 6.36. The molecule has 1 saturated heterocycles. The lowest BCUT2D eigenvalue weighted by molar-refractivity contribution is -0.137. The van der Waals surface area contributed by atoms with Crippen LogP contribution in [-0.2, 0) is 28.9 Å². The minimum atomic E-state index is -1.19. The Morgan fingerprint density at radius 1 is 1.09 bits per heavy atom. The van der Waals surface area contributed by atoms with Crippen molar-refractivity contribution in [2.45, 2.75) is 25.4 Å². The second kappa shape index (κ2) is 9.37. The number of rotatable bonds is 8. The molecule has 10 heteroatoms. The van der Waals surface area contributed by atoms with Gasteiger partial charge in [-0.05, 0) is 41.8 Å². The number of ether oxygens (including phenoxy) is 2. The summed E-state index contributed by atoms with van der Waals surface area (Å²) in [5.41, 5.74) is 1.91. The topological polar surface area (TPSA) is 118 Å². The Hall–Kier alpha value is -3.79. The molecule has 3 aromatic rings. The maximum absolute atomic E-state index is 11.9. The van der Waals surface area contributed by atoms with Crippen LogP contribution in [0.1, 0.15) is 16.0 Å². The summed E-state index contributed by atoms with van der Waals surface area (Å²) in [5, 5.41) is 19.0. The maximum Gasteiger partial charge on any atom is 0.409 e. The Labute approximate surface area is 193 Å². The van der Waals surface area contributed by atoms with E-state index in [1.807, 2.05) is 36.4 Å². The van der Waals surface area contributed by atoms with Crippen LogP contribution in [0.15, 0.2) is 53.3 Å². The number of nitrogens with zero attached hydrogens (tertiary/aromatic N) is 2. The third kappa shape index (κ3) is 5.17. The number of aromatic nitrogens is 1. The molecule has 1 aliphatic heterocycles. The Morgan fingerprint density at radius 3 is 2.24 bits per heavy atom. The van der Waals surface area contributed by atoms with Gasteiger partial charge in [0.25, 0.3) is 0 Å². The normalized spacial score (nSPS) is 15.5. The standard InChI is InChI=1S/C23H22N2O7S/c1-24-16(13-31-22(24)29)10-14-2-6-17(7-3-14)32-18-8-4-15(5-9-18)11-19-21(28)25(12-20(26)27)23(30)33-19/h2-9,16,28H,10-13H2,1H3,(H,26,27). The lowest BCUT2D eigenvalue weighted by Gasteiger charge is -2.16. The SMILES string of the molecule is CN1C(=O)OCC1Cc1ccc(Oc2ccc(Cc3sc(=O)n(CC(=O)O)c3O)cc2)cc1. The second-order valence-electron chi connectivity index (χ2n) is 7.71. The highest BCUT2D eigenvalue weighted by molar-refractivity contribution is 7.09. The first-order valence-corrected chi connectivity index (χ1v) is 11.0. The largest absolute Gasteiger partial charge is 0.494 e. The summed E-state index contributed by atoms with van der Waals surface area (Å²) < 4.78 is 11.8. The molecule has 33 heavy (non-hydrogen) atoms. The van der Waals surface area contributed by atoms with E-state index < -0.39 is 17.4 Å². The van der Waals surface area contributed by atoms with Crippen molar-refractivity contribution in [3.63, 3.8) is 0 Å². The van der Waals surface area contributed by atoms with Crippen LogP contribution in [0, 0.1) is 0 Å². The van der Waals surface area contributed by atoms with Crippen LogP contribution in [0.25, 0.3) is 0 Å². The lowest BCUT2D eigenvalue weighted by Crippen LogP contribution is -2.30. The number of cyclic esters (lactones) is 1. The fourth-order valence-corrected chi connectivity index (χ4v) is 4.43. The summed E-state index contributed by atoms with van der Waals surface area (Å²) in [6.07, 6.45) is 0.699. The second-order valence-corrected chi connectivity index (χ2v) is 8.75. The number of carboxylic acids is 1. The van der Waals surface area contributed by atoms with Gasteiger partial charge < -0.3 is 24.6 Å². The molecule has 2 aromatic carbocycles. The minimum absolute atomic E-state index is 0.0240. The summed E-state index contributed by atoms with van der Waals surface area (Å²) in [5.74, 6) is -0.212. The van der Waals surface area contributed by atoms with Crippen LogP contribution in [0.3, 0.4) is 0 Å². The van der Waals surface area contributed by atoms with Crippen molar-refractivity contribution in [1.82, 2.24) is 9.47 Å². The molecule has 9 nitrogen and oxygen atoms in total. The number of carbonyl (C=O) groups excluding carboxylic acids is 1. The average Bonchev–Trinajstić information content (AvgIpc) is 3.24. The quantitative estimate of drug-likeness (QED) is 0.519. The third-order valence-electron chi connectivity index (χ3n) is 5.38. The molecule has 172 valence electrons. The zero-order valence-electron chi connectivity index (χ0n) is 17.8. The zero-order valence-corrected chi connectivity index (χ0v) is 18.6. The van der Waals surface area contributed by atoms with Gasteiger partial charge in [-0.3, -0.25) is 14.2 Å². The molecular weight excluding hydrogens is 448 g/mol. The number of carboxylic acid groups (broad SMARTS) is 1. The zero-order chi connectivity index (χ0) is 23.5. The summed E-state index contributed by atoms with van der Waals surface area (Å²) in [6.45, 7) is -0.186. The van der Waals surface area contributed by atoms with E-state index in [2.05, 4.69) is 0 Å². The van der Waals surface area contributed by atoms with Crippen molar-refractivity contribution in [1.29, 1.82) is 0 Å². The van der Waals surface area contributed by atoms with Crippen LogP contribution in [0.4, 0.5) is 4.79 Å². The highest BCUT2D eigenvalue weighted by Gasteiger charge is 2.29. The Morgan fingerprint density at radius 2 is 1.70 bits per heavy atom. The molecule has 1 aromatic heterocycles. The number of aliphatic carboxylic acids is 1. The number of amides is 1. The monoisotopic (exact) mass is 470 g/mol. The van der Waals surface area contributed by atoms with Gasteiger partial charge in [0.2, 0.25) is 5.88 Å². The summed E-state index contributed by atoms with van der Waals surface area (Å²) >= 11 is 0.831. The van der Waals surface area contributed by atoms with E-state index in [-0.39, 0.29) is 18.0 Å². The number of thiazole rings is 1. The van der Waals surface area contributed by atoms with Crippen molar-refractivity contribution in [3.8, 4) is 17.4 Å². The van der Waals surface area contributed by atoms with E-state index in [0.717, 1.165) is 27.0 Å². The van der Waals surface area contributed by atoms with Crippen LogP contribution >= 0.6 is 11.3 Å². The molecule has 1 amide bonds. The number of hydrogen-bond donors (Lipinski definition) is 2. The molecule has 2 heterocycles. The smallest absolute Gasteiger partial charge is 0.409 e. The first-order valence-electron chi connectivity index (χ1n) is 10.2. The summed E-state index contributed by atoms with van der Waals surface area (Å²) in [4.78, 5) is 35.7. The number of hydrogen-bond acceptors (Lipinski definition) is 7. The Balaban J connectivity index is 1.37. The van der Waals surface area contributed by atoms with Gasteiger partial charge in [0.05, 0.1) is 10.9 Å². The van der Waals surface area contributed by atoms with E-state index in [4.69, 9.17) is 14.6 Å². The highest BCUT2D eigenvalue weighted by atomic mass is 32.1. The van der Waals surface area contributed by atoms with Crippen LogP contribution < -0.4 is 9.61 Å². The van der Waals surface area contributed by atoms with Crippen LogP contribution in [-0.4, -0.2) is 51.4 Å². The van der Waals surface area contributed by atoms with E-state index in [0.29, 0.717) is 35.8 Å². The number of likely N-dealkylation sites (N-methyl/N-ethyl adjacent to an activating group) is 1. The van der Waals surface area contributed by atoms with Crippen molar-refractivity contribution in [2.75, 3.05) is 13.7 Å². The predicted molar refractivity (Wildman–Crippen MR) is 120 cm³/mol. The molecule has 0 bridgehead atoms. The molecule has 1 atom stereocenters. The lowest BCUT2D eigenvalue weighted by atomic mass is 10.1. The van der Waals surface area contributed by atoms with E-state index >= 15 is 0 Å². The van der Waals surface area contributed by atoms with E-state index in [1.165, 1.54) is 0 Å². The summed E-state index contributed by atoms with van der Waals surface area (Å²) in [7, 11) is 1.73. The van der Waals surface area contributed by atoms with E-state index in [1.54, 1.807) is 24.1 Å². The Bertz CT molecular complexity index is 1220. The summed E-state index contributed by atoms with van der Waals surface area (Å²) in [6, 6.07) is 14.9. The fraction of sp³-hybridized carbons (Fsp3) is 0.261. The van der Waals surface area contributed by atoms with Crippen LogP contribution in [0.5, 0.6) is 17.4 Å². The molecule has 2 N–H and O–H groups in total. The van der Waals surface area contributed by atoms with Gasteiger partial charge in [-0.2, -0.15) is 0 Å². The third-order valence-corrected chi connectivity index (χ3v) is 6.35. The first kappa shape index (κ1) is 22.4. The molecule has 0 aliphatic carbocycles. The molecule has 0 saturated carbocycles. The fourth-order valence-electron chi connectivity index (χ4n) is 3.52. The van der Waals surface area contributed by atoms with Crippen molar-refractivity contribution < 1.29 is 29.3 Å². The van der Waals surface area contributed by atoms with Gasteiger partial charge in [-0.1, -0.05) is 35.6 Å². The van der Waals surface area contributed by atoms with E-state index in [9.17, 15) is 19.5 Å². The number of carbonyl (C=O) groups is 2. The first-order chi connectivity index (χ1) is 15.8. The minimum Gasteiger partial charge on any atom is -0.494 e. The van der Waals surface area contributed by atoms with Crippen molar-refractivity contribution in [2.24, 2.45) is 0 Å². The van der Waals surface area contributed by atoms with Crippen molar-refractivity contribution in [3.05, 3.63) is 74.2 Å². The molecule has 1 aliphatic rings. The molecule has 4 rings (SSSR count). The van der Waals surface area contributed by atoms with Gasteiger partial charge in [0, 0.05) is 13.5 Å². The van der Waals surface area contributed by atoms with Gasteiger partial charge in [0.15, 0.2) is 0 Å². The molecule has 1 fully saturated rings. The molecule has 0 spiro atoms. The number of benzene rings is 2. The average molecular weight is 471 g/mol. The van der Waals surface area contributed by atoms with Gasteiger partial charge in [-0.15, -0.1) is 0 Å². The van der Waals surface area contributed by atoms with Gasteiger partial charge in [0.1, 0.15) is 24.7 Å². The van der Waals surface area contributed by atoms with Gasteiger partial charge in [-0.25, -0.2) is 4.79 Å². The molecular formula is C23H22N2O7S. The maximum atomic E-state index is 11.9. The predicted octanol–water partition coefficient (Wildman–Crippen LogP) is 3.08.